The van der Waals surface area contributed by atoms with E-state index in [1.807, 2.05) is 0 Å². The van der Waals surface area contributed by atoms with Crippen molar-refractivity contribution in [3.05, 3.63) is 34.6 Å². The molecule has 106 valence electrons. The lowest BCUT2D eigenvalue weighted by Gasteiger charge is -2.37. The van der Waals surface area contributed by atoms with E-state index in [-0.39, 0.29) is 5.82 Å². The summed E-state index contributed by atoms with van der Waals surface area (Å²) >= 11 is 6.17. The second-order valence-corrected chi connectivity index (χ2v) is 5.73. The summed E-state index contributed by atoms with van der Waals surface area (Å²) in [4.78, 5) is 0. The molecular weight excluding hydrogens is 265 g/mol. The van der Waals surface area contributed by atoms with E-state index in [1.165, 1.54) is 25.0 Å². The van der Waals surface area contributed by atoms with Crippen LogP contribution in [-0.4, -0.2) is 12.7 Å². The first-order chi connectivity index (χ1) is 9.09. The minimum Gasteiger partial charge on any atom is -0.376 e. The van der Waals surface area contributed by atoms with Crippen LogP contribution < -0.4 is 5.73 Å². The molecule has 1 fully saturated rings. The second kappa shape index (κ2) is 6.21. The summed E-state index contributed by atoms with van der Waals surface area (Å²) < 4.78 is 19.2. The molecule has 0 spiro atoms. The van der Waals surface area contributed by atoms with Crippen molar-refractivity contribution in [3.8, 4) is 0 Å². The van der Waals surface area contributed by atoms with Crippen LogP contribution in [0.5, 0.6) is 0 Å². The molecule has 1 saturated carbocycles. The summed E-state index contributed by atoms with van der Waals surface area (Å²) in [5.74, 6) is -0.310. The van der Waals surface area contributed by atoms with Crippen molar-refractivity contribution in [2.45, 2.75) is 50.2 Å². The molecule has 1 aliphatic rings. The molecule has 0 saturated heterocycles. The molecule has 2 nitrogen and oxygen atoms in total. The lowest BCUT2D eigenvalue weighted by Crippen LogP contribution is -2.43. The standard InChI is InChI=1S/C15H21ClFNO/c1-19-15(8-4-2-3-5-9-15)14(18)12-10-11(17)6-7-13(12)16/h6-7,10,14H,2-5,8-9,18H2,1H3. The molecule has 1 atom stereocenters. The minimum atomic E-state index is -0.423. The molecule has 0 heterocycles. The number of rotatable bonds is 3. The first kappa shape index (κ1) is 14.8. The monoisotopic (exact) mass is 285 g/mol. The highest BCUT2D eigenvalue weighted by atomic mass is 35.5. The summed E-state index contributed by atoms with van der Waals surface area (Å²) in [6, 6.07) is 3.95. The molecule has 1 aromatic carbocycles. The average molecular weight is 286 g/mol. The Morgan fingerprint density at radius 3 is 2.47 bits per heavy atom. The van der Waals surface area contributed by atoms with Crippen LogP contribution in [0.15, 0.2) is 18.2 Å². The van der Waals surface area contributed by atoms with E-state index in [0.29, 0.717) is 10.6 Å². The van der Waals surface area contributed by atoms with Crippen molar-refractivity contribution >= 4 is 11.6 Å². The predicted octanol–water partition coefficient (Wildman–Crippen LogP) is 4.22. The second-order valence-electron chi connectivity index (χ2n) is 5.33. The Labute approximate surface area is 119 Å². The Morgan fingerprint density at radius 2 is 1.89 bits per heavy atom. The smallest absolute Gasteiger partial charge is 0.123 e. The van der Waals surface area contributed by atoms with Gasteiger partial charge in [-0.15, -0.1) is 0 Å². The maximum atomic E-state index is 13.4. The van der Waals surface area contributed by atoms with Gasteiger partial charge in [0.2, 0.25) is 0 Å². The Balaban J connectivity index is 2.33. The van der Waals surface area contributed by atoms with E-state index in [2.05, 4.69) is 0 Å². The first-order valence-corrected chi connectivity index (χ1v) is 7.22. The van der Waals surface area contributed by atoms with Crippen LogP contribution in [0, 0.1) is 5.82 Å². The zero-order valence-corrected chi connectivity index (χ0v) is 12.0. The van der Waals surface area contributed by atoms with Gasteiger partial charge in [0.05, 0.1) is 11.6 Å². The van der Waals surface area contributed by atoms with E-state index in [9.17, 15) is 4.39 Å². The molecule has 1 aliphatic carbocycles. The first-order valence-electron chi connectivity index (χ1n) is 6.85. The van der Waals surface area contributed by atoms with Gasteiger partial charge in [-0.25, -0.2) is 4.39 Å². The predicted molar refractivity (Wildman–Crippen MR) is 75.8 cm³/mol. The summed E-state index contributed by atoms with van der Waals surface area (Å²) in [5, 5.41) is 0.509. The molecule has 4 heteroatoms. The van der Waals surface area contributed by atoms with Crippen molar-refractivity contribution in [1.29, 1.82) is 0 Å². The van der Waals surface area contributed by atoms with Crippen LogP contribution in [0.2, 0.25) is 5.02 Å². The third-order valence-electron chi connectivity index (χ3n) is 4.22. The van der Waals surface area contributed by atoms with E-state index < -0.39 is 11.6 Å². The summed E-state index contributed by atoms with van der Waals surface area (Å²) in [7, 11) is 1.69. The molecule has 0 amide bonds. The number of halogens is 2. The maximum absolute atomic E-state index is 13.4. The van der Waals surface area contributed by atoms with Crippen molar-refractivity contribution in [3.63, 3.8) is 0 Å². The van der Waals surface area contributed by atoms with Gasteiger partial charge in [-0.1, -0.05) is 37.3 Å². The molecule has 1 aromatic rings. The quantitative estimate of drug-likeness (QED) is 0.844. The van der Waals surface area contributed by atoms with Crippen LogP contribution in [0.25, 0.3) is 0 Å². The molecule has 1 unspecified atom stereocenters. The number of hydrogen-bond acceptors (Lipinski definition) is 2. The molecule has 0 aromatic heterocycles. The summed E-state index contributed by atoms with van der Waals surface area (Å²) in [5.41, 5.74) is 6.60. The normalized spacial score (nSPS) is 20.8. The van der Waals surface area contributed by atoms with Crippen LogP contribution in [0.3, 0.4) is 0 Å². The molecule has 0 bridgehead atoms. The average Bonchev–Trinajstić information content (AvgIpc) is 2.67. The number of ether oxygens (including phenoxy) is 1. The topological polar surface area (TPSA) is 35.2 Å². The Morgan fingerprint density at radius 1 is 1.26 bits per heavy atom. The minimum absolute atomic E-state index is 0.310. The molecule has 2 N–H and O–H groups in total. The number of nitrogens with two attached hydrogens (primary N) is 1. The van der Waals surface area contributed by atoms with Crippen molar-refractivity contribution in [2.24, 2.45) is 5.73 Å². The van der Waals surface area contributed by atoms with Crippen LogP contribution in [0.4, 0.5) is 4.39 Å². The molecule has 0 radical (unpaired) electrons. The Bertz CT molecular complexity index is 430. The zero-order valence-electron chi connectivity index (χ0n) is 11.3. The van der Waals surface area contributed by atoms with Gasteiger partial charge in [-0.3, -0.25) is 0 Å². The van der Waals surface area contributed by atoms with E-state index in [0.717, 1.165) is 25.7 Å². The van der Waals surface area contributed by atoms with Gasteiger partial charge in [-0.2, -0.15) is 0 Å². The van der Waals surface area contributed by atoms with Crippen molar-refractivity contribution < 1.29 is 9.13 Å². The lowest BCUT2D eigenvalue weighted by atomic mass is 9.82. The number of methoxy groups -OCH3 is 1. The fraction of sp³-hybridized carbons (Fsp3) is 0.600. The van der Waals surface area contributed by atoms with Gasteiger partial charge < -0.3 is 10.5 Å². The third kappa shape index (κ3) is 3.10. The van der Waals surface area contributed by atoms with E-state index >= 15 is 0 Å². The highest BCUT2D eigenvalue weighted by molar-refractivity contribution is 6.31. The van der Waals surface area contributed by atoms with Gasteiger partial charge >= 0.3 is 0 Å². The van der Waals surface area contributed by atoms with Crippen LogP contribution in [-0.2, 0) is 4.74 Å². The van der Waals surface area contributed by atoms with Crippen molar-refractivity contribution in [1.82, 2.24) is 0 Å². The van der Waals surface area contributed by atoms with Gasteiger partial charge in [-0.05, 0) is 36.6 Å². The van der Waals surface area contributed by atoms with Crippen LogP contribution >= 0.6 is 11.6 Å². The van der Waals surface area contributed by atoms with Crippen LogP contribution in [0.1, 0.15) is 50.1 Å². The summed E-state index contributed by atoms with van der Waals surface area (Å²) in [6.07, 6.45) is 6.39. The fourth-order valence-electron chi connectivity index (χ4n) is 3.01. The van der Waals surface area contributed by atoms with E-state index in [4.69, 9.17) is 22.1 Å². The van der Waals surface area contributed by atoms with Gasteiger partial charge in [0.25, 0.3) is 0 Å². The number of hydrogen-bond donors (Lipinski definition) is 1. The third-order valence-corrected chi connectivity index (χ3v) is 4.56. The maximum Gasteiger partial charge on any atom is 0.123 e. The lowest BCUT2D eigenvalue weighted by molar-refractivity contribution is -0.0442. The molecule has 0 aliphatic heterocycles. The van der Waals surface area contributed by atoms with Gasteiger partial charge in [0, 0.05) is 12.1 Å². The Hall–Kier alpha value is -0.640. The van der Waals surface area contributed by atoms with E-state index in [1.54, 1.807) is 13.2 Å². The Kier molecular flexibility index (Phi) is 4.82. The van der Waals surface area contributed by atoms with Gasteiger partial charge in [0.1, 0.15) is 5.82 Å². The number of benzene rings is 1. The fourth-order valence-corrected chi connectivity index (χ4v) is 3.24. The largest absolute Gasteiger partial charge is 0.376 e. The summed E-state index contributed by atoms with van der Waals surface area (Å²) in [6.45, 7) is 0. The molecule has 2 rings (SSSR count). The SMILES string of the molecule is COC1(C(N)c2cc(F)ccc2Cl)CCCCCC1. The zero-order chi connectivity index (χ0) is 13.9. The molecule has 19 heavy (non-hydrogen) atoms. The molecular formula is C15H21ClFNO. The highest BCUT2D eigenvalue weighted by Crippen LogP contribution is 2.40. The highest BCUT2D eigenvalue weighted by Gasteiger charge is 2.38. The van der Waals surface area contributed by atoms with Crippen molar-refractivity contribution in [2.75, 3.05) is 7.11 Å². The van der Waals surface area contributed by atoms with Gasteiger partial charge in [0.15, 0.2) is 0 Å².